The Bertz CT molecular complexity index is 1030. The zero-order valence-electron chi connectivity index (χ0n) is 23.7. The number of carbonyl (C=O) groups is 4. The third-order valence-corrected chi connectivity index (χ3v) is 4.95. The predicted octanol–water partition coefficient (Wildman–Crippen LogP) is 5.23. The minimum Gasteiger partial charge on any atom is -0.458 e. The Balaban J connectivity index is 2.38. The highest BCUT2D eigenvalue weighted by Crippen LogP contribution is 2.27. The van der Waals surface area contributed by atoms with Crippen LogP contribution >= 0.6 is 0 Å². The lowest BCUT2D eigenvalue weighted by Crippen LogP contribution is -2.46. The van der Waals surface area contributed by atoms with E-state index in [-0.39, 0.29) is 50.6 Å². The molecule has 13 heteroatoms. The Morgan fingerprint density at radius 1 is 0.800 bits per heavy atom. The molecule has 226 valence electrons. The maximum Gasteiger partial charge on any atom is 0.408 e. The topological polar surface area (TPSA) is 120 Å². The van der Waals surface area contributed by atoms with Gasteiger partial charge in [-0.05, 0) is 73.6 Å². The van der Waals surface area contributed by atoms with Gasteiger partial charge >= 0.3 is 18.0 Å². The van der Waals surface area contributed by atoms with E-state index in [0.29, 0.717) is 12.8 Å². The quantitative estimate of drug-likeness (QED) is 0.108. The molecule has 0 saturated carbocycles. The van der Waals surface area contributed by atoms with Gasteiger partial charge in [-0.25, -0.2) is 18.4 Å². The molecule has 0 heterocycles. The Labute approximate surface area is 231 Å². The van der Waals surface area contributed by atoms with E-state index < -0.39 is 64.3 Å². The maximum absolute atomic E-state index is 13.6. The van der Waals surface area contributed by atoms with Crippen molar-refractivity contribution in [2.75, 3.05) is 6.54 Å². The van der Waals surface area contributed by atoms with Crippen LogP contribution in [-0.4, -0.2) is 47.7 Å². The molecule has 1 aromatic rings. The number of carbonyl (C=O) groups excluding carboxylic acids is 4. The molecule has 0 aliphatic carbocycles. The van der Waals surface area contributed by atoms with Crippen LogP contribution in [0.2, 0.25) is 0 Å². The second-order valence-corrected chi connectivity index (χ2v) is 11.1. The van der Waals surface area contributed by atoms with Crippen LogP contribution in [0.1, 0.15) is 86.5 Å². The number of nitrogens with one attached hydrogen (secondary N) is 2. The summed E-state index contributed by atoms with van der Waals surface area (Å²) in [5, 5.41) is 5.21. The first-order chi connectivity index (χ1) is 18.4. The smallest absolute Gasteiger partial charge is 0.408 e. The summed E-state index contributed by atoms with van der Waals surface area (Å²) in [7, 11) is 0. The van der Waals surface area contributed by atoms with Gasteiger partial charge in [-0.2, -0.15) is 8.78 Å². The van der Waals surface area contributed by atoms with Crippen molar-refractivity contribution >= 4 is 23.9 Å². The van der Waals surface area contributed by atoms with Gasteiger partial charge in [0.15, 0.2) is 11.6 Å². The maximum atomic E-state index is 13.6. The van der Waals surface area contributed by atoms with E-state index in [1.165, 1.54) is 0 Å². The highest BCUT2D eigenvalue weighted by Gasteiger charge is 2.28. The average molecular weight is 579 g/mol. The number of esters is 2. The average Bonchev–Trinajstić information content (AvgIpc) is 2.80. The van der Waals surface area contributed by atoms with E-state index in [9.17, 15) is 36.7 Å². The Hall–Kier alpha value is -3.38. The first-order valence-electron chi connectivity index (χ1n) is 12.9. The molecule has 1 atom stereocenters. The number of amides is 2. The third kappa shape index (κ3) is 13.6. The van der Waals surface area contributed by atoms with Crippen LogP contribution in [0.3, 0.4) is 0 Å². The summed E-state index contributed by atoms with van der Waals surface area (Å²) in [5.74, 6) is -10.5. The molecule has 40 heavy (non-hydrogen) atoms. The first kappa shape index (κ1) is 34.6. The number of unbranched alkanes of at least 4 members (excludes halogenated alkanes) is 2. The molecular formula is C27H38F4N2O7. The summed E-state index contributed by atoms with van der Waals surface area (Å²) in [6.07, 6.45) is 0.549. The molecule has 1 aromatic carbocycles. The highest BCUT2D eigenvalue weighted by molar-refractivity contribution is 5.81. The van der Waals surface area contributed by atoms with Crippen LogP contribution in [0, 0.1) is 23.3 Å². The van der Waals surface area contributed by atoms with E-state index in [0.717, 1.165) is 0 Å². The van der Waals surface area contributed by atoms with Crippen molar-refractivity contribution in [3.8, 4) is 5.75 Å². The fraction of sp³-hybridized carbons (Fsp3) is 0.630. The highest BCUT2D eigenvalue weighted by atomic mass is 19.2. The molecule has 0 radical (unpaired) electrons. The van der Waals surface area contributed by atoms with Gasteiger partial charge in [-0.1, -0.05) is 0 Å². The normalized spacial score (nSPS) is 12.3. The van der Waals surface area contributed by atoms with Gasteiger partial charge in [0, 0.05) is 25.5 Å². The molecule has 0 fully saturated rings. The van der Waals surface area contributed by atoms with Gasteiger partial charge in [-0.3, -0.25) is 9.59 Å². The van der Waals surface area contributed by atoms with E-state index >= 15 is 0 Å². The van der Waals surface area contributed by atoms with Gasteiger partial charge in [0.2, 0.25) is 23.3 Å². The minimum absolute atomic E-state index is 0.000930. The monoisotopic (exact) mass is 578 g/mol. The van der Waals surface area contributed by atoms with E-state index in [2.05, 4.69) is 15.4 Å². The van der Waals surface area contributed by atoms with Crippen molar-refractivity contribution in [2.24, 2.45) is 0 Å². The van der Waals surface area contributed by atoms with Crippen LogP contribution in [0.4, 0.5) is 22.4 Å². The predicted molar refractivity (Wildman–Crippen MR) is 136 cm³/mol. The molecule has 0 unspecified atom stereocenters. The van der Waals surface area contributed by atoms with Crippen molar-refractivity contribution in [1.82, 2.24) is 10.6 Å². The Kier molecular flexibility index (Phi) is 13.4. The van der Waals surface area contributed by atoms with Gasteiger partial charge in [-0.15, -0.1) is 0 Å². The Morgan fingerprint density at radius 2 is 1.35 bits per heavy atom. The number of hydrogen-bond donors (Lipinski definition) is 2. The van der Waals surface area contributed by atoms with Crippen molar-refractivity contribution in [1.29, 1.82) is 0 Å². The zero-order chi connectivity index (χ0) is 30.7. The van der Waals surface area contributed by atoms with Crippen molar-refractivity contribution < 1.29 is 51.0 Å². The molecule has 0 aromatic heterocycles. The Morgan fingerprint density at radius 3 is 1.90 bits per heavy atom. The summed E-state index contributed by atoms with van der Waals surface area (Å²) in [5.41, 5.74) is -1.50. The second-order valence-electron chi connectivity index (χ2n) is 11.1. The van der Waals surface area contributed by atoms with Crippen molar-refractivity contribution in [2.45, 2.75) is 104 Å². The number of alkyl carbamates (subject to hydrolysis) is 1. The standard InChI is InChI=1S/C27H38F4N2O7/c1-26(2,3)39-24(36)18(33-25(37)40-27(4,5)6)11-9-10-14-32-19(34)12-7-8-13-20(35)38-23-21(30)16(28)15-17(29)22(23)31/h15,18H,7-14H2,1-6H3,(H,32,34)(H,33,37)/t18-/m0/s1. The van der Waals surface area contributed by atoms with E-state index in [1.54, 1.807) is 41.5 Å². The largest absolute Gasteiger partial charge is 0.458 e. The molecule has 2 amide bonds. The number of benzene rings is 1. The first-order valence-corrected chi connectivity index (χ1v) is 12.9. The molecular weight excluding hydrogens is 540 g/mol. The molecule has 2 N–H and O–H groups in total. The van der Waals surface area contributed by atoms with Gasteiger partial charge in [0.05, 0.1) is 0 Å². The lowest BCUT2D eigenvalue weighted by Gasteiger charge is -2.26. The van der Waals surface area contributed by atoms with Crippen LogP contribution < -0.4 is 15.4 Å². The third-order valence-electron chi connectivity index (χ3n) is 4.95. The molecule has 0 spiro atoms. The molecule has 0 saturated heterocycles. The van der Waals surface area contributed by atoms with Crippen LogP contribution in [0.25, 0.3) is 0 Å². The van der Waals surface area contributed by atoms with E-state index in [1.807, 2.05) is 0 Å². The SMILES string of the molecule is CC(C)(C)OC(=O)N[C@@H](CCCCNC(=O)CCCCC(=O)Oc1c(F)c(F)cc(F)c1F)C(=O)OC(C)(C)C. The molecule has 0 aliphatic heterocycles. The molecule has 1 rings (SSSR count). The molecule has 0 bridgehead atoms. The second kappa shape index (κ2) is 15.4. The van der Waals surface area contributed by atoms with Crippen LogP contribution in [-0.2, 0) is 23.9 Å². The van der Waals surface area contributed by atoms with Crippen LogP contribution in [0.15, 0.2) is 6.07 Å². The molecule has 0 aliphatic rings. The van der Waals surface area contributed by atoms with Crippen molar-refractivity contribution in [3.63, 3.8) is 0 Å². The lowest BCUT2D eigenvalue weighted by atomic mass is 10.1. The fourth-order valence-corrected chi connectivity index (χ4v) is 3.22. The van der Waals surface area contributed by atoms with Gasteiger partial charge in [0.1, 0.15) is 17.2 Å². The number of ether oxygens (including phenoxy) is 3. The summed E-state index contributed by atoms with van der Waals surface area (Å²) in [4.78, 5) is 48.5. The summed E-state index contributed by atoms with van der Waals surface area (Å²) in [6, 6.07) is -0.934. The molecule has 9 nitrogen and oxygen atoms in total. The summed E-state index contributed by atoms with van der Waals surface area (Å²) in [6.45, 7) is 10.5. The number of rotatable bonds is 13. The summed E-state index contributed by atoms with van der Waals surface area (Å²) >= 11 is 0. The zero-order valence-corrected chi connectivity index (χ0v) is 23.7. The fourth-order valence-electron chi connectivity index (χ4n) is 3.22. The minimum atomic E-state index is -1.82. The number of halogens is 4. The lowest BCUT2D eigenvalue weighted by molar-refractivity contribution is -0.157. The summed E-state index contributed by atoms with van der Waals surface area (Å²) < 4.78 is 68.5. The van der Waals surface area contributed by atoms with Crippen molar-refractivity contribution in [3.05, 3.63) is 29.3 Å². The van der Waals surface area contributed by atoms with Gasteiger partial charge in [0.25, 0.3) is 0 Å². The van der Waals surface area contributed by atoms with E-state index in [4.69, 9.17) is 9.47 Å². The number of hydrogen-bond acceptors (Lipinski definition) is 7. The van der Waals surface area contributed by atoms with Gasteiger partial charge < -0.3 is 24.8 Å². The van der Waals surface area contributed by atoms with Crippen LogP contribution in [0.5, 0.6) is 5.75 Å².